The van der Waals surface area contributed by atoms with Crippen molar-refractivity contribution in [2.45, 2.75) is 19.4 Å². The molecular formula is C14H23N3OS. The number of carbonyl (C=O) groups excluding carboxylic acids is 1. The Hall–Kier alpha value is -0.910. The molecule has 2 N–H and O–H groups in total. The Labute approximate surface area is 119 Å². The van der Waals surface area contributed by atoms with E-state index < -0.39 is 0 Å². The predicted molar refractivity (Wildman–Crippen MR) is 79.3 cm³/mol. The highest BCUT2D eigenvalue weighted by molar-refractivity contribution is 7.09. The number of rotatable bonds is 6. The Morgan fingerprint density at radius 3 is 3.00 bits per heavy atom. The van der Waals surface area contributed by atoms with Crippen LogP contribution in [0, 0.1) is 5.92 Å². The highest BCUT2D eigenvalue weighted by atomic mass is 32.1. The number of likely N-dealkylation sites (N-methyl/N-ethyl adjacent to an activating group) is 1. The van der Waals surface area contributed by atoms with Gasteiger partial charge in [0.15, 0.2) is 0 Å². The van der Waals surface area contributed by atoms with Crippen molar-refractivity contribution < 1.29 is 4.79 Å². The van der Waals surface area contributed by atoms with Crippen LogP contribution in [0.5, 0.6) is 0 Å². The molecule has 2 heterocycles. The maximum Gasteiger partial charge on any atom is 0.234 e. The van der Waals surface area contributed by atoms with Crippen molar-refractivity contribution in [1.82, 2.24) is 15.5 Å². The van der Waals surface area contributed by atoms with Crippen LogP contribution < -0.4 is 10.6 Å². The van der Waals surface area contributed by atoms with E-state index in [1.165, 1.54) is 17.7 Å². The molecule has 0 bridgehead atoms. The summed E-state index contributed by atoms with van der Waals surface area (Å²) in [4.78, 5) is 15.2. The van der Waals surface area contributed by atoms with Gasteiger partial charge in [-0.05, 0) is 50.3 Å². The molecule has 0 saturated carbocycles. The average Bonchev–Trinajstić information content (AvgIpc) is 2.90. The fourth-order valence-electron chi connectivity index (χ4n) is 2.47. The summed E-state index contributed by atoms with van der Waals surface area (Å²) in [7, 11) is 2.03. The van der Waals surface area contributed by atoms with E-state index in [9.17, 15) is 4.79 Å². The van der Waals surface area contributed by atoms with Crippen LogP contribution >= 0.6 is 11.3 Å². The Morgan fingerprint density at radius 1 is 1.53 bits per heavy atom. The molecule has 2 rings (SSSR count). The maximum absolute atomic E-state index is 11.8. The molecule has 19 heavy (non-hydrogen) atoms. The first-order chi connectivity index (χ1) is 9.24. The monoisotopic (exact) mass is 281 g/mol. The third-order valence-corrected chi connectivity index (χ3v) is 4.36. The second-order valence-electron chi connectivity index (χ2n) is 5.25. The smallest absolute Gasteiger partial charge is 0.234 e. The number of piperidine rings is 1. The zero-order valence-corrected chi connectivity index (χ0v) is 12.3. The Kier molecular flexibility index (Phi) is 5.82. The van der Waals surface area contributed by atoms with Crippen LogP contribution in [-0.4, -0.2) is 44.0 Å². The fraction of sp³-hybridized carbons (Fsp3) is 0.643. The van der Waals surface area contributed by atoms with E-state index in [4.69, 9.17) is 0 Å². The Morgan fingerprint density at radius 2 is 2.32 bits per heavy atom. The van der Waals surface area contributed by atoms with Gasteiger partial charge < -0.3 is 10.6 Å². The van der Waals surface area contributed by atoms with E-state index in [1.54, 1.807) is 11.3 Å². The molecule has 0 aromatic carbocycles. The highest BCUT2D eigenvalue weighted by Crippen LogP contribution is 2.12. The van der Waals surface area contributed by atoms with Gasteiger partial charge in [-0.3, -0.25) is 9.69 Å². The van der Waals surface area contributed by atoms with E-state index in [0.29, 0.717) is 13.1 Å². The van der Waals surface area contributed by atoms with Crippen molar-refractivity contribution in [3.8, 4) is 0 Å². The van der Waals surface area contributed by atoms with Crippen LogP contribution in [0.25, 0.3) is 0 Å². The zero-order valence-electron chi connectivity index (χ0n) is 11.5. The van der Waals surface area contributed by atoms with Crippen molar-refractivity contribution >= 4 is 17.2 Å². The molecule has 1 aromatic rings. The lowest BCUT2D eigenvalue weighted by molar-refractivity contribution is -0.122. The van der Waals surface area contributed by atoms with Gasteiger partial charge in [-0.25, -0.2) is 0 Å². The molecule has 106 valence electrons. The number of carbonyl (C=O) groups is 1. The summed E-state index contributed by atoms with van der Waals surface area (Å²) in [6.45, 7) is 4.40. The fourth-order valence-corrected chi connectivity index (χ4v) is 3.11. The van der Waals surface area contributed by atoms with Gasteiger partial charge in [-0.2, -0.15) is 0 Å². The van der Waals surface area contributed by atoms with E-state index in [1.807, 2.05) is 24.6 Å². The average molecular weight is 281 g/mol. The lowest BCUT2D eigenvalue weighted by Crippen LogP contribution is -2.39. The van der Waals surface area contributed by atoms with Gasteiger partial charge in [0.25, 0.3) is 0 Å². The molecule has 1 aliphatic rings. The number of hydrogen-bond donors (Lipinski definition) is 2. The van der Waals surface area contributed by atoms with E-state index in [2.05, 4.69) is 15.5 Å². The van der Waals surface area contributed by atoms with Gasteiger partial charge in [0.1, 0.15) is 0 Å². The van der Waals surface area contributed by atoms with Crippen molar-refractivity contribution in [2.75, 3.05) is 33.2 Å². The summed E-state index contributed by atoms with van der Waals surface area (Å²) in [6.07, 6.45) is 2.45. The second-order valence-corrected chi connectivity index (χ2v) is 6.28. The Bertz CT molecular complexity index is 374. The first-order valence-corrected chi connectivity index (χ1v) is 7.80. The number of nitrogens with zero attached hydrogens (tertiary/aromatic N) is 1. The van der Waals surface area contributed by atoms with Crippen LogP contribution in [0.3, 0.4) is 0 Å². The number of hydrogen-bond acceptors (Lipinski definition) is 4. The van der Waals surface area contributed by atoms with Gasteiger partial charge in [-0.15, -0.1) is 11.3 Å². The molecule has 0 aliphatic carbocycles. The SMILES string of the molecule is CN(CC(=O)NCc1cccs1)CC1CCNCC1. The molecule has 1 aliphatic heterocycles. The van der Waals surface area contributed by atoms with Crippen LogP contribution in [0.15, 0.2) is 17.5 Å². The minimum atomic E-state index is 0.116. The third kappa shape index (κ3) is 5.30. The maximum atomic E-state index is 11.8. The molecule has 0 unspecified atom stereocenters. The second kappa shape index (κ2) is 7.62. The minimum absolute atomic E-state index is 0.116. The Balaban J connectivity index is 1.63. The molecule has 1 saturated heterocycles. The summed E-state index contributed by atoms with van der Waals surface area (Å²) in [5.74, 6) is 0.848. The van der Waals surface area contributed by atoms with Gasteiger partial charge in [0, 0.05) is 11.4 Å². The molecular weight excluding hydrogens is 258 g/mol. The van der Waals surface area contributed by atoms with Gasteiger partial charge in [0.05, 0.1) is 13.1 Å². The van der Waals surface area contributed by atoms with Crippen molar-refractivity contribution in [2.24, 2.45) is 5.92 Å². The van der Waals surface area contributed by atoms with Crippen LogP contribution in [0.4, 0.5) is 0 Å². The molecule has 4 nitrogen and oxygen atoms in total. The van der Waals surface area contributed by atoms with E-state index >= 15 is 0 Å². The van der Waals surface area contributed by atoms with Crippen LogP contribution in [0.2, 0.25) is 0 Å². The van der Waals surface area contributed by atoms with E-state index in [-0.39, 0.29) is 5.91 Å². The van der Waals surface area contributed by atoms with Crippen molar-refractivity contribution in [3.05, 3.63) is 22.4 Å². The third-order valence-electron chi connectivity index (χ3n) is 3.48. The standard InChI is InChI=1S/C14H23N3OS/c1-17(10-12-4-6-15-7-5-12)11-14(18)16-9-13-3-2-8-19-13/h2-3,8,12,15H,4-7,9-11H2,1H3,(H,16,18). The molecule has 5 heteroatoms. The largest absolute Gasteiger partial charge is 0.350 e. The number of amides is 1. The van der Waals surface area contributed by atoms with Gasteiger partial charge >= 0.3 is 0 Å². The molecule has 1 aromatic heterocycles. The quantitative estimate of drug-likeness (QED) is 0.826. The molecule has 0 radical (unpaired) electrons. The summed E-state index contributed by atoms with van der Waals surface area (Å²) in [5, 5.41) is 8.37. The first kappa shape index (κ1) is 14.5. The van der Waals surface area contributed by atoms with Crippen molar-refractivity contribution in [1.29, 1.82) is 0 Å². The topological polar surface area (TPSA) is 44.4 Å². The number of nitrogens with one attached hydrogen (secondary N) is 2. The van der Waals surface area contributed by atoms with Gasteiger partial charge in [-0.1, -0.05) is 6.07 Å². The summed E-state index contributed by atoms with van der Waals surface area (Å²) < 4.78 is 0. The molecule has 1 fully saturated rings. The number of thiophene rings is 1. The predicted octanol–water partition coefficient (Wildman–Crippen LogP) is 1.30. The lowest BCUT2D eigenvalue weighted by atomic mass is 9.98. The molecule has 0 spiro atoms. The lowest BCUT2D eigenvalue weighted by Gasteiger charge is -2.27. The van der Waals surface area contributed by atoms with Crippen LogP contribution in [0.1, 0.15) is 17.7 Å². The van der Waals surface area contributed by atoms with E-state index in [0.717, 1.165) is 25.6 Å². The van der Waals surface area contributed by atoms with Crippen molar-refractivity contribution in [3.63, 3.8) is 0 Å². The van der Waals surface area contributed by atoms with Gasteiger partial charge in [0.2, 0.25) is 5.91 Å². The highest BCUT2D eigenvalue weighted by Gasteiger charge is 2.16. The summed E-state index contributed by atoms with van der Waals surface area (Å²) >= 11 is 1.68. The summed E-state index contributed by atoms with van der Waals surface area (Å²) in [6, 6.07) is 4.05. The minimum Gasteiger partial charge on any atom is -0.350 e. The molecule has 0 atom stereocenters. The zero-order chi connectivity index (χ0) is 13.5. The van der Waals surface area contributed by atoms with Crippen LogP contribution in [-0.2, 0) is 11.3 Å². The first-order valence-electron chi connectivity index (χ1n) is 6.92. The summed E-state index contributed by atoms with van der Waals surface area (Å²) in [5.41, 5.74) is 0. The molecule has 1 amide bonds. The normalized spacial score (nSPS) is 16.7.